The van der Waals surface area contributed by atoms with Gasteiger partial charge in [0.15, 0.2) is 0 Å². The van der Waals surface area contributed by atoms with Crippen LogP contribution in [0.25, 0.3) is 10.8 Å². The van der Waals surface area contributed by atoms with Gasteiger partial charge < -0.3 is 45.3 Å². The van der Waals surface area contributed by atoms with Crippen LogP contribution in [0.2, 0.25) is 0 Å². The zero-order valence-corrected chi connectivity index (χ0v) is 34.7. The number of fused-ring (bicyclic) bond motifs is 2. The van der Waals surface area contributed by atoms with Crippen molar-refractivity contribution in [2.75, 3.05) is 47.1 Å². The molecular weight excluding hydrogens is 757 g/mol. The van der Waals surface area contributed by atoms with Gasteiger partial charge in [-0.05, 0) is 85.5 Å². The molecule has 5 atom stereocenters. The van der Waals surface area contributed by atoms with Gasteiger partial charge >= 0.3 is 0 Å². The van der Waals surface area contributed by atoms with Crippen LogP contribution in [-0.4, -0.2) is 123 Å². The van der Waals surface area contributed by atoms with Crippen LogP contribution < -0.4 is 26.0 Å². The van der Waals surface area contributed by atoms with Gasteiger partial charge in [-0.25, -0.2) is 0 Å². The number of hydrogen-bond acceptors (Lipinski definition) is 9. The fraction of sp³-hybridized carbons (Fsp3) is 0.500. The number of carbonyl (C=O) groups excluding carboxylic acids is 6. The third kappa shape index (κ3) is 12.7. The predicted molar refractivity (Wildman–Crippen MR) is 221 cm³/mol. The van der Waals surface area contributed by atoms with E-state index in [1.54, 1.807) is 38.4 Å². The van der Waals surface area contributed by atoms with Crippen LogP contribution in [0, 0.1) is 5.92 Å². The van der Waals surface area contributed by atoms with E-state index in [0.29, 0.717) is 38.0 Å². The normalized spacial score (nSPS) is 23.0. The first-order chi connectivity index (χ1) is 28.3. The lowest BCUT2D eigenvalue weighted by Gasteiger charge is -2.30. The minimum Gasteiger partial charge on any atom is -0.489 e. The Morgan fingerprint density at radius 2 is 1.58 bits per heavy atom. The Bertz CT molecular complexity index is 1950. The SMILES string of the molecule is CC(C)C[C@@H]1NC(=O)[C@@H](NC(=O)c2cccc(OCc3ccc4ccccc4c3)c2)COCCCCOC[C@@H](C(=O)N(C)C)NC(=O)[C@@H]2CCCN2C(=O)[C@H](C)NC1=O. The number of nitrogens with zero attached hydrogens (tertiary/aromatic N) is 2. The van der Waals surface area contributed by atoms with Crippen molar-refractivity contribution in [3.63, 3.8) is 0 Å². The largest absolute Gasteiger partial charge is 0.489 e. The molecule has 6 amide bonds. The third-order valence-electron chi connectivity index (χ3n) is 10.3. The highest BCUT2D eigenvalue weighted by Gasteiger charge is 2.39. The molecule has 0 aromatic heterocycles. The Balaban J connectivity index is 1.31. The lowest BCUT2D eigenvalue weighted by molar-refractivity contribution is -0.143. The number of carbonyl (C=O) groups is 6. The van der Waals surface area contributed by atoms with Gasteiger partial charge in [-0.3, -0.25) is 28.8 Å². The molecule has 318 valence electrons. The number of hydrogen-bond donors (Lipinski definition) is 4. The van der Waals surface area contributed by atoms with E-state index < -0.39 is 59.7 Å². The lowest BCUT2D eigenvalue weighted by Crippen LogP contribution is -2.59. The van der Waals surface area contributed by atoms with Crippen LogP contribution in [0.3, 0.4) is 0 Å². The zero-order chi connectivity index (χ0) is 42.5. The molecule has 2 saturated heterocycles. The smallest absolute Gasteiger partial charge is 0.252 e. The molecule has 4 N–H and O–H groups in total. The highest BCUT2D eigenvalue weighted by molar-refractivity contribution is 5.99. The molecule has 5 rings (SSSR count). The van der Waals surface area contributed by atoms with Crippen molar-refractivity contribution in [3.8, 4) is 5.75 Å². The van der Waals surface area contributed by atoms with E-state index in [2.05, 4.69) is 27.3 Å². The first-order valence-corrected chi connectivity index (χ1v) is 20.4. The third-order valence-corrected chi connectivity index (χ3v) is 10.3. The van der Waals surface area contributed by atoms with Crippen molar-refractivity contribution < 1.29 is 43.0 Å². The minimum absolute atomic E-state index is 0.0279. The standard InChI is InChI=1S/C44H58N6O9/c1-28(2)22-35-40(52)45-29(3)43(55)50-19-11-16-38(50)42(54)48-37(44(56)49(4)5)27-58-21-9-8-20-57-26-36(41(53)46-35)47-39(51)33-14-10-15-34(24-33)59-25-30-17-18-31-12-6-7-13-32(31)23-30/h6-7,10,12-15,17-18,23-24,28-29,35-38H,8-9,11,16,19-22,25-27H2,1-5H3,(H,45,52)(H,46,53)(H,47,51)(H,48,54)/t29-,35-,36-,37-,38-/m0/s1. The van der Waals surface area contributed by atoms with E-state index in [4.69, 9.17) is 14.2 Å². The minimum atomic E-state index is -1.18. The summed E-state index contributed by atoms with van der Waals surface area (Å²) in [6.07, 6.45) is 2.28. The predicted octanol–water partition coefficient (Wildman–Crippen LogP) is 2.94. The molecule has 3 aromatic rings. The molecule has 0 radical (unpaired) electrons. The molecular formula is C44H58N6O9. The Labute approximate surface area is 345 Å². The summed E-state index contributed by atoms with van der Waals surface area (Å²) >= 11 is 0. The van der Waals surface area contributed by atoms with E-state index in [9.17, 15) is 28.8 Å². The number of rotatable bonds is 8. The summed E-state index contributed by atoms with van der Waals surface area (Å²) in [4.78, 5) is 84.4. The summed E-state index contributed by atoms with van der Waals surface area (Å²) in [5, 5.41) is 13.3. The van der Waals surface area contributed by atoms with Crippen LogP contribution in [0.5, 0.6) is 5.75 Å². The van der Waals surface area contributed by atoms with E-state index in [-0.39, 0.29) is 56.8 Å². The van der Waals surface area contributed by atoms with Crippen molar-refractivity contribution in [3.05, 3.63) is 77.9 Å². The molecule has 0 aliphatic carbocycles. The summed E-state index contributed by atoms with van der Waals surface area (Å²) < 4.78 is 17.7. The molecule has 2 heterocycles. The maximum atomic E-state index is 13.9. The molecule has 0 bridgehead atoms. The Morgan fingerprint density at radius 1 is 0.847 bits per heavy atom. The fourth-order valence-electron chi connectivity index (χ4n) is 7.11. The second-order valence-electron chi connectivity index (χ2n) is 15.8. The average molecular weight is 815 g/mol. The molecule has 15 nitrogen and oxygen atoms in total. The van der Waals surface area contributed by atoms with Crippen molar-refractivity contribution in [1.29, 1.82) is 0 Å². The number of amides is 6. The topological polar surface area (TPSA) is 185 Å². The quantitative estimate of drug-likeness (QED) is 0.266. The van der Waals surface area contributed by atoms with Crippen molar-refractivity contribution in [2.45, 2.75) is 89.7 Å². The molecule has 2 fully saturated rings. The summed E-state index contributed by atoms with van der Waals surface area (Å²) in [5.74, 6) is -2.62. The van der Waals surface area contributed by atoms with Crippen molar-refractivity contribution in [1.82, 2.24) is 31.1 Å². The Morgan fingerprint density at radius 3 is 2.31 bits per heavy atom. The molecule has 15 heteroatoms. The summed E-state index contributed by atoms with van der Waals surface area (Å²) in [6.45, 7) is 6.14. The zero-order valence-electron chi connectivity index (χ0n) is 34.7. The molecule has 2 aliphatic rings. The van der Waals surface area contributed by atoms with Crippen LogP contribution in [0.4, 0.5) is 0 Å². The first kappa shape index (κ1) is 44.6. The van der Waals surface area contributed by atoms with Gasteiger partial charge in [0.25, 0.3) is 5.91 Å². The van der Waals surface area contributed by atoms with E-state index >= 15 is 0 Å². The maximum absolute atomic E-state index is 13.9. The van der Waals surface area contributed by atoms with E-state index in [0.717, 1.165) is 16.3 Å². The van der Waals surface area contributed by atoms with Gasteiger partial charge in [-0.2, -0.15) is 0 Å². The monoisotopic (exact) mass is 814 g/mol. The summed E-state index contributed by atoms with van der Waals surface area (Å²) in [7, 11) is 3.17. The van der Waals surface area contributed by atoms with Gasteiger partial charge in [-0.15, -0.1) is 0 Å². The second-order valence-corrected chi connectivity index (χ2v) is 15.8. The van der Waals surface area contributed by atoms with Crippen LogP contribution in [-0.2, 0) is 40.1 Å². The number of likely N-dealkylation sites (N-methyl/N-ethyl adjacent to an activating group) is 1. The number of ether oxygens (including phenoxy) is 3. The van der Waals surface area contributed by atoms with Gasteiger partial charge in [0, 0.05) is 39.4 Å². The maximum Gasteiger partial charge on any atom is 0.252 e. The molecule has 0 unspecified atom stereocenters. The second kappa shape index (κ2) is 21.5. The highest BCUT2D eigenvalue weighted by atomic mass is 16.5. The Hall–Kier alpha value is -5.54. The highest BCUT2D eigenvalue weighted by Crippen LogP contribution is 2.21. The van der Waals surface area contributed by atoms with Gasteiger partial charge in [0.1, 0.15) is 42.6 Å². The summed E-state index contributed by atoms with van der Waals surface area (Å²) in [6, 6.07) is 15.7. The number of benzene rings is 3. The average Bonchev–Trinajstić information content (AvgIpc) is 3.72. The molecule has 0 saturated carbocycles. The van der Waals surface area contributed by atoms with Crippen molar-refractivity contribution in [2.24, 2.45) is 5.92 Å². The van der Waals surface area contributed by atoms with Crippen molar-refractivity contribution >= 4 is 46.2 Å². The van der Waals surface area contributed by atoms with Gasteiger partial charge in [0.2, 0.25) is 29.5 Å². The molecule has 59 heavy (non-hydrogen) atoms. The molecule has 3 aromatic carbocycles. The van der Waals surface area contributed by atoms with Gasteiger partial charge in [-0.1, -0.05) is 56.3 Å². The van der Waals surface area contributed by atoms with Gasteiger partial charge in [0.05, 0.1) is 13.2 Å². The van der Waals surface area contributed by atoms with E-state index in [1.165, 1.54) is 16.7 Å². The van der Waals surface area contributed by atoms with Crippen LogP contribution in [0.15, 0.2) is 66.7 Å². The first-order valence-electron chi connectivity index (χ1n) is 20.4. The molecule has 2 aliphatic heterocycles. The number of nitrogens with one attached hydrogen (secondary N) is 4. The summed E-state index contributed by atoms with van der Waals surface area (Å²) in [5.41, 5.74) is 1.23. The van der Waals surface area contributed by atoms with Crippen LogP contribution in [0.1, 0.15) is 68.8 Å². The fourth-order valence-corrected chi connectivity index (χ4v) is 7.11. The van der Waals surface area contributed by atoms with E-state index in [1.807, 2.05) is 50.2 Å². The lowest BCUT2D eigenvalue weighted by atomic mass is 10.0. The Kier molecular flexibility index (Phi) is 16.2. The van der Waals surface area contributed by atoms with Crippen LogP contribution >= 0.6 is 0 Å². The molecule has 0 spiro atoms.